The second kappa shape index (κ2) is 10.4. The monoisotopic (exact) mass is 456 g/mol. The first-order valence-corrected chi connectivity index (χ1v) is 10.1. The second-order valence-corrected chi connectivity index (χ2v) is 8.12. The van der Waals surface area contributed by atoms with Crippen LogP contribution >= 0.6 is 7.82 Å². The van der Waals surface area contributed by atoms with Gasteiger partial charge >= 0.3 is 19.5 Å². The summed E-state index contributed by atoms with van der Waals surface area (Å²) in [6, 6.07) is 0. The van der Waals surface area contributed by atoms with Gasteiger partial charge in [-0.25, -0.2) is 9.36 Å². The number of nitrogens with one attached hydrogen (secondary N) is 1. The van der Waals surface area contributed by atoms with Gasteiger partial charge in [0.25, 0.3) is 5.56 Å². The quantitative estimate of drug-likeness (QED) is 0.214. The lowest BCUT2D eigenvalue weighted by Gasteiger charge is -2.17. The largest absolute Gasteiger partial charge is 0.481 e. The number of aromatic amines is 1. The molecule has 172 valence electrons. The molecular formula is C15H25N2O12P. The van der Waals surface area contributed by atoms with Gasteiger partial charge in [0, 0.05) is 18.2 Å². The third-order valence-electron chi connectivity index (χ3n) is 4.28. The fraction of sp³-hybridized carbons (Fsp3) is 0.667. The van der Waals surface area contributed by atoms with Gasteiger partial charge in [0.05, 0.1) is 25.9 Å². The van der Waals surface area contributed by atoms with Crippen molar-refractivity contribution < 1.29 is 48.8 Å². The third-order valence-corrected chi connectivity index (χ3v) is 4.77. The molecule has 14 nitrogen and oxygen atoms in total. The second-order valence-electron chi connectivity index (χ2n) is 6.88. The molecule has 0 saturated carbocycles. The van der Waals surface area contributed by atoms with Gasteiger partial charge in [0.2, 0.25) is 0 Å². The molecule has 1 fully saturated rings. The van der Waals surface area contributed by atoms with Crippen LogP contribution in [0.15, 0.2) is 15.8 Å². The summed E-state index contributed by atoms with van der Waals surface area (Å²) in [6.45, 7) is 1.18. The van der Waals surface area contributed by atoms with Gasteiger partial charge in [-0.3, -0.25) is 23.7 Å². The van der Waals surface area contributed by atoms with Crippen LogP contribution < -0.4 is 11.2 Å². The first kappa shape index (κ1) is 26.1. The molecule has 15 heteroatoms. The lowest BCUT2D eigenvalue weighted by Crippen LogP contribution is -2.35. The van der Waals surface area contributed by atoms with Crippen molar-refractivity contribution in [2.45, 2.75) is 38.7 Å². The molecule has 0 spiro atoms. The number of aliphatic hydroxyl groups is 3. The molecule has 0 amide bonds. The SMILES string of the molecule is CC(CO)(CO)C(=O)O.Cc1cn([C@H]2C[C@H](O)[C@@H](COP(=O)(O)O)O2)c(=O)[nH]c1=O. The molecule has 1 aliphatic heterocycles. The van der Waals surface area contributed by atoms with Crippen LogP contribution in [-0.4, -0.2) is 77.8 Å². The van der Waals surface area contributed by atoms with Crippen molar-refractivity contribution in [3.8, 4) is 0 Å². The molecule has 1 aliphatic rings. The molecule has 0 bridgehead atoms. The van der Waals surface area contributed by atoms with Crippen molar-refractivity contribution in [1.29, 1.82) is 0 Å². The minimum Gasteiger partial charge on any atom is -0.481 e. The Hall–Kier alpha value is -1.90. The number of aromatic nitrogens is 2. The molecule has 3 atom stereocenters. The van der Waals surface area contributed by atoms with Gasteiger partial charge in [0.1, 0.15) is 17.7 Å². The van der Waals surface area contributed by atoms with E-state index in [-0.39, 0.29) is 6.42 Å². The molecule has 1 aromatic heterocycles. The summed E-state index contributed by atoms with van der Waals surface area (Å²) in [5, 5.41) is 34.9. The number of carboxylic acids is 1. The lowest BCUT2D eigenvalue weighted by atomic mass is 9.94. The Morgan fingerprint density at radius 2 is 1.93 bits per heavy atom. The van der Waals surface area contributed by atoms with Crippen molar-refractivity contribution in [3.63, 3.8) is 0 Å². The van der Waals surface area contributed by atoms with E-state index in [4.69, 9.17) is 29.8 Å². The number of nitrogens with zero attached hydrogens (tertiary/aromatic N) is 1. The first-order chi connectivity index (χ1) is 13.7. The van der Waals surface area contributed by atoms with Crippen molar-refractivity contribution >= 4 is 13.8 Å². The minimum absolute atomic E-state index is 0.0283. The van der Waals surface area contributed by atoms with Crippen LogP contribution in [0, 0.1) is 12.3 Å². The van der Waals surface area contributed by atoms with E-state index in [0.717, 1.165) is 4.57 Å². The fourth-order valence-corrected chi connectivity index (χ4v) is 2.53. The number of phosphoric ester groups is 1. The molecule has 2 rings (SSSR count). The molecule has 30 heavy (non-hydrogen) atoms. The Labute approximate surface area is 169 Å². The Balaban J connectivity index is 0.000000424. The van der Waals surface area contributed by atoms with Crippen molar-refractivity contribution in [3.05, 3.63) is 32.6 Å². The number of aliphatic carboxylic acids is 1. The average molecular weight is 456 g/mol. The standard InChI is InChI=1S/C10H15N2O8P.C5H10O4/c1-5-3-12(10(15)11-9(5)14)8-2-6(13)7(20-8)4-19-21(16,17)18;1-5(2-6,3-7)4(8)9/h3,6-8,13H,2,4H2,1H3,(H,11,14,15)(H2,16,17,18);6-7H,2-3H2,1H3,(H,8,9)/t6-,7+,8+;/m0./s1. The maximum absolute atomic E-state index is 11.7. The van der Waals surface area contributed by atoms with Gasteiger partial charge < -0.3 is 34.9 Å². The summed E-state index contributed by atoms with van der Waals surface area (Å²) in [6.07, 6.45) is -1.57. The van der Waals surface area contributed by atoms with E-state index in [2.05, 4.69) is 9.51 Å². The predicted molar refractivity (Wildman–Crippen MR) is 98.5 cm³/mol. The number of rotatable bonds is 7. The molecular weight excluding hydrogens is 431 g/mol. The Kier molecular flexibility index (Phi) is 9.07. The van der Waals surface area contributed by atoms with Gasteiger partial charge in [-0.1, -0.05) is 0 Å². The van der Waals surface area contributed by atoms with E-state index < -0.39 is 68.7 Å². The molecule has 0 unspecified atom stereocenters. The van der Waals surface area contributed by atoms with Gasteiger partial charge in [-0.15, -0.1) is 0 Å². The molecule has 0 aromatic carbocycles. The predicted octanol–water partition coefficient (Wildman–Crippen LogP) is -2.34. The van der Waals surface area contributed by atoms with Crippen LogP contribution in [-0.2, 0) is 18.6 Å². The summed E-state index contributed by atoms with van der Waals surface area (Å²) in [7, 11) is -4.67. The first-order valence-electron chi connectivity index (χ1n) is 8.55. The summed E-state index contributed by atoms with van der Waals surface area (Å²) in [5.74, 6) is -1.19. The van der Waals surface area contributed by atoms with Gasteiger partial charge in [-0.05, 0) is 13.8 Å². The number of aliphatic hydroxyl groups excluding tert-OH is 3. The van der Waals surface area contributed by atoms with Crippen LogP contribution in [0.25, 0.3) is 0 Å². The highest BCUT2D eigenvalue weighted by atomic mass is 31.2. The maximum atomic E-state index is 11.7. The third kappa shape index (κ3) is 7.11. The van der Waals surface area contributed by atoms with Crippen LogP contribution in [0.1, 0.15) is 25.1 Å². The Morgan fingerprint density at radius 1 is 1.37 bits per heavy atom. The van der Waals surface area contributed by atoms with E-state index in [1.165, 1.54) is 20.0 Å². The summed E-state index contributed by atoms with van der Waals surface area (Å²) in [5.41, 5.74) is -2.31. The zero-order valence-corrected chi connectivity index (χ0v) is 17.1. The van der Waals surface area contributed by atoms with Crippen molar-refractivity contribution in [2.75, 3.05) is 19.8 Å². The number of aryl methyl sites for hydroxylation is 1. The average Bonchev–Trinajstić information content (AvgIpc) is 3.02. The van der Waals surface area contributed by atoms with E-state index in [1.54, 1.807) is 0 Å². The topological polar surface area (TPSA) is 229 Å². The normalized spacial score (nSPS) is 21.8. The maximum Gasteiger partial charge on any atom is 0.469 e. The number of ether oxygens (including phenoxy) is 1. The molecule has 1 aromatic rings. The summed E-state index contributed by atoms with van der Waals surface area (Å²) >= 11 is 0. The zero-order chi connectivity index (χ0) is 23.3. The highest BCUT2D eigenvalue weighted by Crippen LogP contribution is 2.38. The summed E-state index contributed by atoms with van der Waals surface area (Å²) in [4.78, 5) is 52.5. The van der Waals surface area contributed by atoms with E-state index >= 15 is 0 Å². The van der Waals surface area contributed by atoms with Crippen LogP contribution in [0.4, 0.5) is 0 Å². The van der Waals surface area contributed by atoms with Crippen molar-refractivity contribution in [2.24, 2.45) is 5.41 Å². The van der Waals surface area contributed by atoms with Crippen LogP contribution in [0.5, 0.6) is 0 Å². The summed E-state index contributed by atoms with van der Waals surface area (Å²) < 4.78 is 21.4. The smallest absolute Gasteiger partial charge is 0.469 e. The molecule has 7 N–H and O–H groups in total. The van der Waals surface area contributed by atoms with Crippen LogP contribution in [0.3, 0.4) is 0 Å². The lowest BCUT2D eigenvalue weighted by molar-refractivity contribution is -0.152. The minimum atomic E-state index is -4.67. The van der Waals surface area contributed by atoms with E-state index in [0.29, 0.717) is 5.56 Å². The van der Waals surface area contributed by atoms with Gasteiger partial charge in [0.15, 0.2) is 0 Å². The highest BCUT2D eigenvalue weighted by Gasteiger charge is 2.37. The number of phosphoric acid groups is 1. The van der Waals surface area contributed by atoms with Crippen molar-refractivity contribution in [1.82, 2.24) is 9.55 Å². The Bertz CT molecular complexity index is 886. The molecule has 0 aliphatic carbocycles. The zero-order valence-electron chi connectivity index (χ0n) is 16.2. The van der Waals surface area contributed by atoms with E-state index in [1.807, 2.05) is 0 Å². The number of hydrogen-bond acceptors (Lipinski definition) is 9. The fourth-order valence-electron chi connectivity index (χ4n) is 2.19. The van der Waals surface area contributed by atoms with Gasteiger partial charge in [-0.2, -0.15) is 0 Å². The number of carbonyl (C=O) groups is 1. The number of hydrogen-bond donors (Lipinski definition) is 7. The molecule has 1 saturated heterocycles. The van der Waals surface area contributed by atoms with Crippen LogP contribution in [0.2, 0.25) is 0 Å². The molecule has 2 heterocycles. The molecule has 0 radical (unpaired) electrons. The number of carboxylic acid groups (broad SMARTS) is 1. The Morgan fingerprint density at radius 3 is 2.37 bits per heavy atom. The highest BCUT2D eigenvalue weighted by molar-refractivity contribution is 7.46. The number of H-pyrrole nitrogens is 1. The van der Waals surface area contributed by atoms with E-state index in [9.17, 15) is 24.1 Å².